The van der Waals surface area contributed by atoms with Crippen LogP contribution >= 0.6 is 0 Å². The van der Waals surface area contributed by atoms with Gasteiger partial charge in [0, 0.05) is 50.3 Å². The van der Waals surface area contributed by atoms with Crippen LogP contribution in [-0.4, -0.2) is 81.9 Å². The van der Waals surface area contributed by atoms with Gasteiger partial charge in [0.05, 0.1) is 24.0 Å². The second-order valence-corrected chi connectivity index (χ2v) is 11.1. The lowest BCUT2D eigenvalue weighted by Crippen LogP contribution is -2.47. The molecule has 0 bridgehead atoms. The van der Waals surface area contributed by atoms with Gasteiger partial charge in [-0.1, -0.05) is 12.1 Å². The molecule has 5 rings (SSSR count). The van der Waals surface area contributed by atoms with Crippen LogP contribution in [0.2, 0.25) is 0 Å². The van der Waals surface area contributed by atoms with Crippen molar-refractivity contribution in [1.29, 1.82) is 0 Å². The summed E-state index contributed by atoms with van der Waals surface area (Å²) in [6, 6.07) is 16.0. The van der Waals surface area contributed by atoms with Gasteiger partial charge in [-0.05, 0) is 48.9 Å². The highest BCUT2D eigenvalue weighted by Crippen LogP contribution is 2.34. The van der Waals surface area contributed by atoms with Crippen LogP contribution in [0, 0.1) is 6.92 Å². The molecule has 2 aliphatic heterocycles. The Balaban J connectivity index is 1.13. The Bertz CT molecular complexity index is 1310. The average Bonchev–Trinajstić information content (AvgIpc) is 2.84. The summed E-state index contributed by atoms with van der Waals surface area (Å²) in [6.07, 6.45) is 1.25. The van der Waals surface area contributed by atoms with Crippen molar-refractivity contribution in [1.82, 2.24) is 14.8 Å². The van der Waals surface area contributed by atoms with E-state index in [0.717, 1.165) is 67.2 Å². The minimum atomic E-state index is -3.32. The average molecular weight is 497 g/mol. The third-order valence-electron chi connectivity index (χ3n) is 6.61. The maximum atomic E-state index is 12.2. The topological polar surface area (TPSA) is 75.2 Å². The zero-order valence-electron chi connectivity index (χ0n) is 20.3. The minimum absolute atomic E-state index is 0.352. The molecule has 0 N–H and O–H groups in total. The number of aryl methyl sites for hydroxylation is 1. The molecule has 0 spiro atoms. The number of aromatic nitrogens is 1. The molecule has 0 atom stereocenters. The zero-order chi connectivity index (χ0) is 24.4. The van der Waals surface area contributed by atoms with Crippen molar-refractivity contribution >= 4 is 26.6 Å². The van der Waals surface area contributed by atoms with Crippen LogP contribution in [-0.2, 0) is 16.6 Å². The molecule has 3 heterocycles. The van der Waals surface area contributed by atoms with Crippen LogP contribution in [0.4, 0.5) is 5.69 Å². The Morgan fingerprint density at radius 2 is 1.80 bits per heavy atom. The third kappa shape index (κ3) is 5.52. The number of rotatable bonds is 7. The predicted octanol–water partition coefficient (Wildman–Crippen LogP) is 2.90. The summed E-state index contributed by atoms with van der Waals surface area (Å²) in [6.45, 7) is 8.90. The number of fused-ring (bicyclic) bond motifs is 2. The smallest absolute Gasteiger partial charge is 0.232 e. The largest absolute Gasteiger partial charge is 0.492 e. The van der Waals surface area contributed by atoms with Crippen LogP contribution in [0.25, 0.3) is 10.9 Å². The maximum Gasteiger partial charge on any atom is 0.232 e. The molecule has 35 heavy (non-hydrogen) atoms. The lowest BCUT2D eigenvalue weighted by Gasteiger charge is -2.35. The number of piperazine rings is 1. The lowest BCUT2D eigenvalue weighted by molar-refractivity contribution is 0.113. The van der Waals surface area contributed by atoms with Crippen molar-refractivity contribution in [2.75, 3.05) is 63.0 Å². The molecule has 9 heteroatoms. The summed E-state index contributed by atoms with van der Waals surface area (Å²) in [7, 11) is -3.32. The number of hydrogen-bond acceptors (Lipinski definition) is 7. The van der Waals surface area contributed by atoms with Gasteiger partial charge < -0.3 is 9.47 Å². The summed E-state index contributed by atoms with van der Waals surface area (Å²) < 4.78 is 37.6. The van der Waals surface area contributed by atoms with Crippen molar-refractivity contribution in [3.63, 3.8) is 0 Å². The molecule has 0 unspecified atom stereocenters. The summed E-state index contributed by atoms with van der Waals surface area (Å²) in [4.78, 5) is 9.42. The van der Waals surface area contributed by atoms with Gasteiger partial charge >= 0.3 is 0 Å². The molecule has 8 nitrogen and oxygen atoms in total. The molecule has 1 aromatic heterocycles. The predicted molar refractivity (Wildman–Crippen MR) is 138 cm³/mol. The van der Waals surface area contributed by atoms with E-state index in [4.69, 9.17) is 9.47 Å². The Morgan fingerprint density at radius 3 is 2.60 bits per heavy atom. The molecule has 2 aliphatic rings. The van der Waals surface area contributed by atoms with Crippen molar-refractivity contribution in [2.45, 2.75) is 13.5 Å². The molecule has 2 aromatic carbocycles. The van der Waals surface area contributed by atoms with Gasteiger partial charge in [-0.15, -0.1) is 0 Å². The number of benzene rings is 2. The van der Waals surface area contributed by atoms with E-state index in [-0.39, 0.29) is 0 Å². The highest BCUT2D eigenvalue weighted by molar-refractivity contribution is 7.92. The molecular formula is C26H32N4O4S. The van der Waals surface area contributed by atoms with E-state index in [1.54, 1.807) is 0 Å². The molecule has 1 saturated heterocycles. The zero-order valence-corrected chi connectivity index (χ0v) is 21.1. The normalized spacial score (nSPS) is 17.3. The van der Waals surface area contributed by atoms with Crippen molar-refractivity contribution in [2.24, 2.45) is 0 Å². The Morgan fingerprint density at radius 1 is 1.00 bits per heavy atom. The van der Waals surface area contributed by atoms with Crippen LogP contribution in [0.5, 0.6) is 11.5 Å². The van der Waals surface area contributed by atoms with Crippen LogP contribution < -0.4 is 13.8 Å². The fraction of sp³-hybridized carbons (Fsp3) is 0.423. The molecule has 1 fully saturated rings. The minimum Gasteiger partial charge on any atom is -0.492 e. The van der Waals surface area contributed by atoms with Gasteiger partial charge in [0.15, 0.2) is 0 Å². The van der Waals surface area contributed by atoms with E-state index in [0.29, 0.717) is 31.2 Å². The summed E-state index contributed by atoms with van der Waals surface area (Å²) in [5.41, 5.74) is 3.71. The highest BCUT2D eigenvalue weighted by Gasteiger charge is 2.26. The first-order valence-corrected chi connectivity index (χ1v) is 13.9. The van der Waals surface area contributed by atoms with Crippen molar-refractivity contribution in [3.8, 4) is 11.5 Å². The summed E-state index contributed by atoms with van der Waals surface area (Å²) >= 11 is 0. The molecule has 186 valence electrons. The summed E-state index contributed by atoms with van der Waals surface area (Å²) in [5, 5.41) is 1.05. The van der Waals surface area contributed by atoms with Crippen LogP contribution in [0.15, 0.2) is 48.5 Å². The summed E-state index contributed by atoms with van der Waals surface area (Å²) in [5.74, 6) is 1.51. The molecular weight excluding hydrogens is 464 g/mol. The number of ether oxygens (including phenoxy) is 2. The second kappa shape index (κ2) is 10.0. The Hall–Kier alpha value is -2.88. The van der Waals surface area contributed by atoms with Crippen molar-refractivity contribution < 1.29 is 17.9 Å². The SMILES string of the molecule is Cc1ccc2c(OCCN3CCN(Cc4ccc5c(c4)N(S(C)(=O)=O)CCO5)CC3)cccc2n1. The van der Waals surface area contributed by atoms with Crippen LogP contribution in [0.1, 0.15) is 11.3 Å². The van der Waals surface area contributed by atoms with Gasteiger partial charge in [0.2, 0.25) is 10.0 Å². The van der Waals surface area contributed by atoms with Crippen LogP contribution in [0.3, 0.4) is 0 Å². The van der Waals surface area contributed by atoms with Gasteiger partial charge in [0.1, 0.15) is 24.7 Å². The molecule has 0 aliphatic carbocycles. The monoisotopic (exact) mass is 496 g/mol. The fourth-order valence-corrected chi connectivity index (χ4v) is 5.66. The van der Waals surface area contributed by atoms with Gasteiger partial charge in [-0.3, -0.25) is 19.1 Å². The Labute approximate surface area is 207 Å². The molecule has 3 aromatic rings. The fourth-order valence-electron chi connectivity index (χ4n) is 4.75. The number of anilines is 1. The van der Waals surface area contributed by atoms with Crippen molar-refractivity contribution in [3.05, 3.63) is 59.8 Å². The third-order valence-corrected chi connectivity index (χ3v) is 7.79. The van der Waals surface area contributed by atoms with Gasteiger partial charge in [0.25, 0.3) is 0 Å². The maximum absolute atomic E-state index is 12.2. The van der Waals surface area contributed by atoms with Gasteiger partial charge in [-0.25, -0.2) is 8.42 Å². The quantitative estimate of drug-likeness (QED) is 0.498. The van der Waals surface area contributed by atoms with E-state index >= 15 is 0 Å². The van der Waals surface area contributed by atoms with Gasteiger partial charge in [-0.2, -0.15) is 0 Å². The molecule has 0 saturated carbocycles. The number of pyridine rings is 1. The van der Waals surface area contributed by atoms with E-state index in [1.807, 2.05) is 49.4 Å². The standard InChI is InChI=1S/C26H32N4O4S/c1-20-6-8-22-23(27-20)4-3-5-25(22)33-16-14-28-10-12-29(13-11-28)19-21-7-9-26-24(18-21)30(15-17-34-26)35(2,31)32/h3-9,18H,10-17,19H2,1-2H3. The number of hydrogen-bond donors (Lipinski definition) is 0. The Kier molecular flexibility index (Phi) is 6.82. The highest BCUT2D eigenvalue weighted by atomic mass is 32.2. The molecule has 0 amide bonds. The van der Waals surface area contributed by atoms with E-state index in [1.165, 1.54) is 10.6 Å². The van der Waals surface area contributed by atoms with E-state index < -0.39 is 10.0 Å². The number of nitrogens with zero attached hydrogens (tertiary/aromatic N) is 4. The van der Waals surface area contributed by atoms with E-state index in [9.17, 15) is 8.42 Å². The van der Waals surface area contributed by atoms with E-state index in [2.05, 4.69) is 20.9 Å². The molecule has 0 radical (unpaired) electrons. The lowest BCUT2D eigenvalue weighted by atomic mass is 10.1. The second-order valence-electron chi connectivity index (χ2n) is 9.23. The first-order chi connectivity index (χ1) is 16.9. The first kappa shape index (κ1) is 23.8. The number of sulfonamides is 1. The first-order valence-electron chi connectivity index (χ1n) is 12.0.